The maximum absolute atomic E-state index is 12.6. The van der Waals surface area contributed by atoms with Crippen LogP contribution in [0.5, 0.6) is 0 Å². The number of aromatic nitrogens is 2. The van der Waals surface area contributed by atoms with Crippen molar-refractivity contribution in [3.05, 3.63) is 53.1 Å². The summed E-state index contributed by atoms with van der Waals surface area (Å²) in [5.41, 5.74) is 3.34. The Morgan fingerprint density at radius 1 is 1.34 bits per heavy atom. The van der Waals surface area contributed by atoms with E-state index in [2.05, 4.69) is 10.4 Å². The molecule has 9 nitrogen and oxygen atoms in total. The zero-order chi connectivity index (χ0) is 20.6. The summed E-state index contributed by atoms with van der Waals surface area (Å²) in [4.78, 5) is 12.6. The summed E-state index contributed by atoms with van der Waals surface area (Å²) in [6, 6.07) is 4.30. The highest BCUT2D eigenvalue weighted by Crippen LogP contribution is 2.38. The van der Waals surface area contributed by atoms with E-state index in [1.54, 1.807) is 13.0 Å². The van der Waals surface area contributed by atoms with Crippen molar-refractivity contribution >= 4 is 28.9 Å². The second kappa shape index (κ2) is 7.66. The zero-order valence-corrected chi connectivity index (χ0v) is 16.6. The number of hydrogen-bond acceptors (Lipinski definition) is 6. The number of nitrogens with one attached hydrogen (secondary N) is 2. The molecule has 1 aliphatic heterocycles. The quantitative estimate of drug-likeness (QED) is 0.649. The van der Waals surface area contributed by atoms with Gasteiger partial charge in [0, 0.05) is 18.8 Å². The van der Waals surface area contributed by atoms with Gasteiger partial charge in [0.2, 0.25) is 0 Å². The lowest BCUT2D eigenvalue weighted by Gasteiger charge is -2.25. The second-order valence-electron chi connectivity index (χ2n) is 7.09. The molecule has 1 aliphatic carbocycles. The molecule has 2 aliphatic rings. The fourth-order valence-corrected chi connectivity index (χ4v) is 4.61. The normalized spacial score (nSPS) is 18.6. The third-order valence-corrected chi connectivity index (χ3v) is 6.27. The molecule has 152 valence electrons. The molecule has 1 unspecified atom stereocenters. The van der Waals surface area contributed by atoms with E-state index in [-0.39, 0.29) is 5.03 Å². The number of urea groups is 1. The minimum Gasteiger partial charge on any atom is -0.423 e. The highest BCUT2D eigenvalue weighted by Gasteiger charge is 2.29. The molecule has 1 aromatic heterocycles. The molecule has 1 atom stereocenters. The minimum absolute atomic E-state index is 0.238. The molecule has 0 spiro atoms. The Morgan fingerprint density at radius 2 is 2.17 bits per heavy atom. The lowest BCUT2D eigenvalue weighted by Crippen LogP contribution is -2.35. The van der Waals surface area contributed by atoms with Crippen molar-refractivity contribution in [2.45, 2.75) is 36.8 Å². The summed E-state index contributed by atoms with van der Waals surface area (Å²) in [7, 11) is -3.53. The van der Waals surface area contributed by atoms with Crippen molar-refractivity contribution in [1.82, 2.24) is 14.5 Å². The van der Waals surface area contributed by atoms with Gasteiger partial charge in [-0.3, -0.25) is 4.68 Å². The van der Waals surface area contributed by atoms with E-state index in [0.29, 0.717) is 17.7 Å². The molecular weight excluding hydrogens is 395 g/mol. The predicted octanol–water partition coefficient (Wildman–Crippen LogP) is 1.46. The Hall–Kier alpha value is -2.63. The topological polar surface area (TPSA) is 123 Å². The molecule has 4 rings (SSSR count). The van der Waals surface area contributed by atoms with Gasteiger partial charge < -0.3 is 15.0 Å². The first-order chi connectivity index (χ1) is 13.8. The van der Waals surface area contributed by atoms with E-state index in [0.717, 1.165) is 30.4 Å². The molecule has 1 aromatic carbocycles. The maximum atomic E-state index is 12.6. The van der Waals surface area contributed by atoms with Crippen LogP contribution in [0.4, 0.5) is 10.5 Å². The molecule has 0 fully saturated rings. The van der Waals surface area contributed by atoms with Crippen molar-refractivity contribution in [1.29, 1.82) is 0 Å². The van der Waals surface area contributed by atoms with Crippen LogP contribution in [0, 0.1) is 0 Å². The van der Waals surface area contributed by atoms with Crippen LogP contribution in [-0.2, 0) is 34.6 Å². The molecule has 0 radical (unpaired) electrons. The van der Waals surface area contributed by atoms with Gasteiger partial charge >= 0.3 is 13.1 Å². The van der Waals surface area contributed by atoms with Crippen LogP contribution >= 0.6 is 0 Å². The Bertz CT molecular complexity index is 1080. The molecule has 3 N–H and O–H groups in total. The van der Waals surface area contributed by atoms with Crippen LogP contribution in [0.2, 0.25) is 0 Å². The number of aryl methyl sites for hydroxylation is 2. The average Bonchev–Trinajstić information content (AvgIpc) is 3.30. The number of carbonyl (C=O) groups is 1. The molecule has 2 aromatic rings. The molecule has 0 saturated carbocycles. The SMILES string of the molecule is Cn1ccc(S(=O)(=O)NC(=O)Nc2c(C3CC=CB(O)O3)ccc3c2CCC3)n1. The number of rotatable bonds is 4. The number of carbonyl (C=O) groups excluding carboxylic acids is 1. The number of amides is 2. The summed E-state index contributed by atoms with van der Waals surface area (Å²) < 4.78 is 33.7. The first-order valence-corrected chi connectivity index (χ1v) is 10.8. The molecule has 2 amide bonds. The smallest absolute Gasteiger partial charge is 0.423 e. The third kappa shape index (κ3) is 4.07. The van der Waals surface area contributed by atoms with Crippen molar-refractivity contribution in [2.75, 3.05) is 5.32 Å². The van der Waals surface area contributed by atoms with Crippen LogP contribution in [0.25, 0.3) is 0 Å². The summed E-state index contributed by atoms with van der Waals surface area (Å²) in [5.74, 6) is 1.56. The number of benzene rings is 1. The predicted molar refractivity (Wildman–Crippen MR) is 107 cm³/mol. The van der Waals surface area contributed by atoms with E-state index in [1.165, 1.54) is 16.9 Å². The monoisotopic (exact) mass is 416 g/mol. The van der Waals surface area contributed by atoms with Gasteiger partial charge in [0.05, 0.1) is 11.8 Å². The molecule has 0 saturated heterocycles. The Morgan fingerprint density at radius 3 is 2.90 bits per heavy atom. The van der Waals surface area contributed by atoms with Crippen molar-refractivity contribution in [3.63, 3.8) is 0 Å². The van der Waals surface area contributed by atoms with Gasteiger partial charge in [0.25, 0.3) is 10.0 Å². The zero-order valence-electron chi connectivity index (χ0n) is 15.8. The van der Waals surface area contributed by atoms with Gasteiger partial charge in [0.15, 0.2) is 5.03 Å². The van der Waals surface area contributed by atoms with E-state index >= 15 is 0 Å². The summed E-state index contributed by atoms with van der Waals surface area (Å²) in [6.45, 7) is 0. The van der Waals surface area contributed by atoms with E-state index in [1.807, 2.05) is 22.9 Å². The third-order valence-electron chi connectivity index (χ3n) is 5.05. The lowest BCUT2D eigenvalue weighted by molar-refractivity contribution is 0.171. The second-order valence-corrected chi connectivity index (χ2v) is 8.72. The van der Waals surface area contributed by atoms with Gasteiger partial charge in [-0.05, 0) is 42.9 Å². The number of hydrogen-bond donors (Lipinski definition) is 3. The van der Waals surface area contributed by atoms with Gasteiger partial charge in [0.1, 0.15) is 0 Å². The Balaban J connectivity index is 1.61. The molecular formula is C18H21BN4O5S. The molecule has 2 heterocycles. The molecule has 29 heavy (non-hydrogen) atoms. The summed E-state index contributed by atoms with van der Waals surface area (Å²) in [5, 5.41) is 16.1. The van der Waals surface area contributed by atoms with Gasteiger partial charge in [-0.1, -0.05) is 24.2 Å². The first-order valence-electron chi connectivity index (χ1n) is 9.32. The minimum atomic E-state index is -4.10. The van der Waals surface area contributed by atoms with Crippen LogP contribution in [0.15, 0.2) is 41.5 Å². The van der Waals surface area contributed by atoms with E-state index < -0.39 is 29.3 Å². The van der Waals surface area contributed by atoms with E-state index in [9.17, 15) is 18.2 Å². The highest BCUT2D eigenvalue weighted by atomic mass is 32.2. The maximum Gasteiger partial charge on any atom is 0.483 e. The number of anilines is 1. The van der Waals surface area contributed by atoms with Crippen LogP contribution < -0.4 is 10.0 Å². The average molecular weight is 416 g/mol. The van der Waals surface area contributed by atoms with Crippen LogP contribution in [0.1, 0.15) is 35.6 Å². The largest absolute Gasteiger partial charge is 0.483 e. The van der Waals surface area contributed by atoms with Crippen LogP contribution in [0.3, 0.4) is 0 Å². The van der Waals surface area contributed by atoms with Gasteiger partial charge in [-0.2, -0.15) is 13.5 Å². The van der Waals surface area contributed by atoms with Crippen molar-refractivity contribution in [3.8, 4) is 0 Å². The summed E-state index contributed by atoms with van der Waals surface area (Å²) in [6.07, 6.45) is 6.02. The molecule has 0 bridgehead atoms. The molecule has 11 heteroatoms. The standard InChI is InChI=1S/C18H21BN4O5S/c1-23-11-9-16(21-23)29(26,27)22-18(24)20-17-13-5-2-4-12(13)7-8-14(17)15-6-3-10-19(25)28-15/h3,7-11,15,25H,2,4-6H2,1H3,(H2,20,22,24). The summed E-state index contributed by atoms with van der Waals surface area (Å²) >= 11 is 0. The van der Waals surface area contributed by atoms with E-state index in [4.69, 9.17) is 4.65 Å². The van der Waals surface area contributed by atoms with Crippen molar-refractivity contribution in [2.24, 2.45) is 7.05 Å². The number of fused-ring (bicyclic) bond motifs is 1. The first kappa shape index (κ1) is 19.7. The van der Waals surface area contributed by atoms with Gasteiger partial charge in [-0.15, -0.1) is 0 Å². The van der Waals surface area contributed by atoms with Gasteiger partial charge in [-0.25, -0.2) is 9.52 Å². The van der Waals surface area contributed by atoms with Crippen molar-refractivity contribution < 1.29 is 22.9 Å². The fraction of sp³-hybridized carbons (Fsp3) is 0.333. The Kier molecular flexibility index (Phi) is 5.20. The number of nitrogens with zero attached hydrogens (tertiary/aromatic N) is 2. The van der Waals surface area contributed by atoms with Crippen LogP contribution in [-0.4, -0.2) is 36.4 Å². The fourth-order valence-electron chi connectivity index (χ4n) is 3.74. The lowest BCUT2D eigenvalue weighted by atomic mass is 9.84. The highest BCUT2D eigenvalue weighted by molar-refractivity contribution is 7.90. The number of sulfonamides is 1. The Labute approximate surface area is 169 Å².